The Labute approximate surface area is 169 Å². The van der Waals surface area contributed by atoms with E-state index in [1.165, 1.54) is 0 Å². The highest BCUT2D eigenvalue weighted by Crippen LogP contribution is 2.28. The summed E-state index contributed by atoms with van der Waals surface area (Å²) in [5.41, 5.74) is 6.16. The zero-order valence-electron chi connectivity index (χ0n) is 16.7. The van der Waals surface area contributed by atoms with Gasteiger partial charge in [0, 0.05) is 11.3 Å². The Balaban J connectivity index is 1.49. The van der Waals surface area contributed by atoms with E-state index in [0.717, 1.165) is 33.4 Å². The lowest BCUT2D eigenvalue weighted by atomic mass is 10.1. The Kier molecular flexibility index (Phi) is 5.04. The molecule has 1 heterocycles. The number of fused-ring (bicyclic) bond motifs is 1. The molecule has 0 bridgehead atoms. The minimum Gasteiger partial charge on any atom is -0.483 e. The van der Waals surface area contributed by atoms with Crippen LogP contribution in [0.25, 0.3) is 22.6 Å². The first-order valence-corrected chi connectivity index (χ1v) is 9.46. The number of hydrogen-bond acceptors (Lipinski definition) is 4. The first-order valence-electron chi connectivity index (χ1n) is 9.46. The summed E-state index contributed by atoms with van der Waals surface area (Å²) in [6.45, 7) is 5.87. The minimum atomic E-state index is -0.220. The van der Waals surface area contributed by atoms with Gasteiger partial charge in [-0.05, 0) is 62.2 Å². The van der Waals surface area contributed by atoms with E-state index in [4.69, 9.17) is 9.15 Å². The maximum Gasteiger partial charge on any atom is 0.262 e. The number of hydrogen-bond donors (Lipinski definition) is 1. The molecule has 0 spiro atoms. The molecule has 0 unspecified atom stereocenters. The molecule has 1 N–H and O–H groups in total. The van der Waals surface area contributed by atoms with Crippen LogP contribution in [0.2, 0.25) is 0 Å². The monoisotopic (exact) mass is 386 g/mol. The maximum atomic E-state index is 12.4. The van der Waals surface area contributed by atoms with Gasteiger partial charge in [0.1, 0.15) is 11.3 Å². The first-order chi connectivity index (χ1) is 14.0. The standard InChI is InChI=1S/C24H22N2O3/c1-15-8-11-21(17(3)12-15)28-14-23(27)25-20-13-18(10-9-16(20)2)24-26-19-6-4-5-7-22(19)29-24/h4-13H,14H2,1-3H3,(H,25,27). The van der Waals surface area contributed by atoms with E-state index in [1.807, 2.05) is 81.4 Å². The molecule has 0 aliphatic heterocycles. The molecule has 5 heteroatoms. The summed E-state index contributed by atoms with van der Waals surface area (Å²) in [4.78, 5) is 17.0. The fraction of sp³-hybridized carbons (Fsp3) is 0.167. The lowest BCUT2D eigenvalue weighted by molar-refractivity contribution is -0.118. The average Bonchev–Trinajstić information content (AvgIpc) is 3.13. The van der Waals surface area contributed by atoms with Gasteiger partial charge in [-0.2, -0.15) is 0 Å². The quantitative estimate of drug-likeness (QED) is 0.496. The summed E-state index contributed by atoms with van der Waals surface area (Å²) in [5.74, 6) is 1.01. The van der Waals surface area contributed by atoms with Gasteiger partial charge in [-0.15, -0.1) is 0 Å². The normalized spacial score (nSPS) is 10.9. The van der Waals surface area contributed by atoms with Crippen molar-refractivity contribution in [3.05, 3.63) is 77.4 Å². The van der Waals surface area contributed by atoms with Crippen molar-refractivity contribution in [1.29, 1.82) is 0 Å². The van der Waals surface area contributed by atoms with Crippen LogP contribution in [0.1, 0.15) is 16.7 Å². The number of amides is 1. The molecule has 0 aliphatic rings. The summed E-state index contributed by atoms with van der Waals surface area (Å²) < 4.78 is 11.5. The number of aromatic nitrogens is 1. The number of oxazole rings is 1. The molecule has 0 aliphatic carbocycles. The van der Waals surface area contributed by atoms with E-state index in [0.29, 0.717) is 17.3 Å². The van der Waals surface area contributed by atoms with E-state index in [2.05, 4.69) is 10.3 Å². The third-order valence-electron chi connectivity index (χ3n) is 4.74. The molecule has 0 radical (unpaired) electrons. The minimum absolute atomic E-state index is 0.0591. The van der Waals surface area contributed by atoms with Crippen LogP contribution in [0, 0.1) is 20.8 Å². The fourth-order valence-corrected chi connectivity index (χ4v) is 3.18. The molecule has 29 heavy (non-hydrogen) atoms. The lowest BCUT2D eigenvalue weighted by Crippen LogP contribution is -2.21. The zero-order valence-corrected chi connectivity index (χ0v) is 16.7. The van der Waals surface area contributed by atoms with Crippen LogP contribution >= 0.6 is 0 Å². The zero-order chi connectivity index (χ0) is 20.4. The summed E-state index contributed by atoms with van der Waals surface area (Å²) in [6, 6.07) is 19.2. The fourth-order valence-electron chi connectivity index (χ4n) is 3.18. The Morgan fingerprint density at radius 3 is 2.62 bits per heavy atom. The van der Waals surface area contributed by atoms with Gasteiger partial charge < -0.3 is 14.5 Å². The van der Waals surface area contributed by atoms with E-state index < -0.39 is 0 Å². The van der Waals surface area contributed by atoms with Crippen molar-refractivity contribution in [2.45, 2.75) is 20.8 Å². The first kappa shape index (κ1) is 18.7. The molecular formula is C24H22N2O3. The van der Waals surface area contributed by atoms with Crippen molar-refractivity contribution >= 4 is 22.7 Å². The predicted octanol–water partition coefficient (Wildman–Crippen LogP) is 5.44. The molecule has 4 rings (SSSR count). The van der Waals surface area contributed by atoms with E-state index >= 15 is 0 Å². The van der Waals surface area contributed by atoms with Crippen LogP contribution in [0.15, 0.2) is 65.1 Å². The third kappa shape index (κ3) is 4.14. The number of nitrogens with one attached hydrogen (secondary N) is 1. The van der Waals surface area contributed by atoms with E-state index in [-0.39, 0.29) is 12.5 Å². The van der Waals surface area contributed by atoms with Crippen molar-refractivity contribution in [2.75, 3.05) is 11.9 Å². The van der Waals surface area contributed by atoms with Crippen molar-refractivity contribution in [1.82, 2.24) is 4.98 Å². The Morgan fingerprint density at radius 2 is 1.83 bits per heavy atom. The van der Waals surface area contributed by atoms with Crippen LogP contribution in [0.3, 0.4) is 0 Å². The van der Waals surface area contributed by atoms with Crippen LogP contribution in [-0.2, 0) is 4.79 Å². The van der Waals surface area contributed by atoms with Crippen LogP contribution in [-0.4, -0.2) is 17.5 Å². The molecule has 146 valence electrons. The van der Waals surface area contributed by atoms with Gasteiger partial charge in [0.05, 0.1) is 0 Å². The highest BCUT2D eigenvalue weighted by molar-refractivity contribution is 5.93. The van der Waals surface area contributed by atoms with Gasteiger partial charge in [-0.1, -0.05) is 35.9 Å². The number of nitrogens with zero attached hydrogens (tertiary/aromatic N) is 1. The van der Waals surface area contributed by atoms with Crippen LogP contribution in [0.5, 0.6) is 5.75 Å². The summed E-state index contributed by atoms with van der Waals surface area (Å²) >= 11 is 0. The van der Waals surface area contributed by atoms with Gasteiger partial charge in [-0.3, -0.25) is 4.79 Å². The average molecular weight is 386 g/mol. The smallest absolute Gasteiger partial charge is 0.262 e. The number of para-hydroxylation sites is 2. The van der Waals surface area contributed by atoms with Crippen LogP contribution in [0.4, 0.5) is 5.69 Å². The highest BCUT2D eigenvalue weighted by atomic mass is 16.5. The number of ether oxygens (including phenoxy) is 1. The second-order valence-electron chi connectivity index (χ2n) is 7.12. The Morgan fingerprint density at radius 1 is 1.00 bits per heavy atom. The van der Waals surface area contributed by atoms with Gasteiger partial charge in [0.2, 0.25) is 5.89 Å². The largest absolute Gasteiger partial charge is 0.483 e. The van der Waals surface area contributed by atoms with Crippen molar-refractivity contribution in [3.8, 4) is 17.2 Å². The molecule has 1 aromatic heterocycles. The predicted molar refractivity (Wildman–Crippen MR) is 114 cm³/mol. The maximum absolute atomic E-state index is 12.4. The number of anilines is 1. The van der Waals surface area contributed by atoms with Gasteiger partial charge in [-0.25, -0.2) is 4.98 Å². The highest BCUT2D eigenvalue weighted by Gasteiger charge is 2.12. The van der Waals surface area contributed by atoms with Gasteiger partial charge >= 0.3 is 0 Å². The van der Waals surface area contributed by atoms with Gasteiger partial charge in [0.15, 0.2) is 12.2 Å². The van der Waals surface area contributed by atoms with Crippen molar-refractivity contribution in [3.63, 3.8) is 0 Å². The van der Waals surface area contributed by atoms with Crippen molar-refractivity contribution < 1.29 is 13.9 Å². The summed E-state index contributed by atoms with van der Waals surface area (Å²) in [6.07, 6.45) is 0. The number of aryl methyl sites for hydroxylation is 3. The molecule has 4 aromatic rings. The molecule has 1 amide bonds. The molecule has 0 atom stereocenters. The number of carbonyl (C=O) groups excluding carboxylic acids is 1. The number of carbonyl (C=O) groups is 1. The molecule has 0 saturated heterocycles. The number of rotatable bonds is 5. The lowest BCUT2D eigenvalue weighted by Gasteiger charge is -2.12. The number of benzene rings is 3. The molecule has 0 fully saturated rings. The summed E-state index contributed by atoms with van der Waals surface area (Å²) in [7, 11) is 0. The Bertz CT molecular complexity index is 1160. The van der Waals surface area contributed by atoms with E-state index in [9.17, 15) is 4.79 Å². The van der Waals surface area contributed by atoms with Crippen molar-refractivity contribution in [2.24, 2.45) is 0 Å². The molecule has 0 saturated carbocycles. The summed E-state index contributed by atoms with van der Waals surface area (Å²) in [5, 5.41) is 2.92. The SMILES string of the molecule is Cc1ccc(OCC(=O)Nc2cc(-c3nc4ccccc4o3)ccc2C)c(C)c1. The second kappa shape index (κ2) is 7.80. The van der Waals surface area contributed by atoms with Gasteiger partial charge in [0.25, 0.3) is 5.91 Å². The topological polar surface area (TPSA) is 64.4 Å². The molecule has 5 nitrogen and oxygen atoms in total. The van der Waals surface area contributed by atoms with Crippen LogP contribution < -0.4 is 10.1 Å². The molecule has 3 aromatic carbocycles. The van der Waals surface area contributed by atoms with E-state index in [1.54, 1.807) is 0 Å². The Hall–Kier alpha value is -3.60. The third-order valence-corrected chi connectivity index (χ3v) is 4.74. The second-order valence-corrected chi connectivity index (χ2v) is 7.12. The molecular weight excluding hydrogens is 364 g/mol.